The van der Waals surface area contributed by atoms with Crippen molar-refractivity contribution in [3.8, 4) is 0 Å². The van der Waals surface area contributed by atoms with Gasteiger partial charge < -0.3 is 15.1 Å². The number of hydrogen-bond acceptors (Lipinski definition) is 5. The van der Waals surface area contributed by atoms with Crippen LogP contribution in [0.4, 0.5) is 5.00 Å². The zero-order chi connectivity index (χ0) is 23.4. The van der Waals surface area contributed by atoms with Gasteiger partial charge in [-0.1, -0.05) is 12.5 Å². The Hall–Kier alpha value is -1.99. The van der Waals surface area contributed by atoms with Crippen LogP contribution in [0.2, 0.25) is 0 Å². The Kier molecular flexibility index (Phi) is 8.28. The second-order valence-corrected chi connectivity index (χ2v) is 10.0. The maximum absolute atomic E-state index is 12.9. The quantitative estimate of drug-likeness (QED) is 0.626. The third-order valence-electron chi connectivity index (χ3n) is 7.13. The van der Waals surface area contributed by atoms with E-state index in [4.69, 9.17) is 0 Å². The predicted molar refractivity (Wildman–Crippen MR) is 134 cm³/mol. The molecule has 0 bridgehead atoms. The van der Waals surface area contributed by atoms with Crippen molar-refractivity contribution in [2.45, 2.75) is 72.4 Å². The summed E-state index contributed by atoms with van der Waals surface area (Å²) in [4.78, 5) is 34.2. The van der Waals surface area contributed by atoms with Gasteiger partial charge in [-0.15, -0.1) is 11.3 Å². The topological polar surface area (TPSA) is 65.0 Å². The lowest BCUT2D eigenvalue weighted by Crippen LogP contribution is -2.43. The molecule has 1 aliphatic carbocycles. The maximum Gasteiger partial charge on any atom is 0.254 e. The molecule has 32 heavy (non-hydrogen) atoms. The van der Waals surface area contributed by atoms with Crippen LogP contribution >= 0.6 is 11.3 Å². The molecule has 1 unspecified atom stereocenters. The molecular weight excluding hydrogens is 420 g/mol. The number of nitrogens with zero attached hydrogens (tertiary/aromatic N) is 3. The minimum Gasteiger partial charge on any atom is -0.361 e. The lowest BCUT2D eigenvalue weighted by atomic mass is 9.89. The Morgan fingerprint density at radius 1 is 1.12 bits per heavy atom. The second-order valence-electron chi connectivity index (χ2n) is 9.14. The van der Waals surface area contributed by atoms with Gasteiger partial charge in [0.15, 0.2) is 0 Å². The van der Waals surface area contributed by atoms with Crippen LogP contribution in [0, 0.1) is 12.8 Å². The van der Waals surface area contributed by atoms with E-state index in [1.165, 1.54) is 30.7 Å². The van der Waals surface area contributed by atoms with Crippen molar-refractivity contribution in [1.82, 2.24) is 10.2 Å². The first-order chi connectivity index (χ1) is 15.3. The van der Waals surface area contributed by atoms with E-state index in [2.05, 4.69) is 41.0 Å². The fraction of sp³-hybridized carbons (Fsp3) is 0.640. The molecule has 1 aromatic heterocycles. The molecule has 2 amide bonds. The van der Waals surface area contributed by atoms with E-state index in [-0.39, 0.29) is 24.3 Å². The Bertz CT molecular complexity index is 896. The first kappa shape index (κ1) is 24.6. The second kappa shape index (κ2) is 10.8. The Morgan fingerprint density at radius 3 is 2.38 bits per heavy atom. The summed E-state index contributed by atoms with van der Waals surface area (Å²) in [5.74, 6) is -0.655. The van der Waals surface area contributed by atoms with Crippen molar-refractivity contribution in [2.24, 2.45) is 10.9 Å². The molecule has 1 saturated carbocycles. The molecule has 0 aromatic carbocycles. The van der Waals surface area contributed by atoms with E-state index in [0.29, 0.717) is 17.6 Å². The summed E-state index contributed by atoms with van der Waals surface area (Å²) in [6.45, 7) is 12.5. The molecule has 1 N–H and O–H groups in total. The number of anilines is 1. The number of carbonyl (C=O) groups is 2. The van der Waals surface area contributed by atoms with Gasteiger partial charge in [0.2, 0.25) is 0 Å². The van der Waals surface area contributed by atoms with Crippen LogP contribution < -0.4 is 10.2 Å². The average molecular weight is 459 g/mol. The molecule has 1 aliphatic heterocycles. The van der Waals surface area contributed by atoms with E-state index in [1.807, 2.05) is 32.2 Å². The smallest absolute Gasteiger partial charge is 0.254 e. The highest BCUT2D eigenvalue weighted by Gasteiger charge is 2.30. The van der Waals surface area contributed by atoms with Crippen LogP contribution in [-0.2, 0) is 4.79 Å². The van der Waals surface area contributed by atoms with Crippen molar-refractivity contribution in [3.05, 3.63) is 28.2 Å². The lowest BCUT2D eigenvalue weighted by Gasteiger charge is -2.40. The summed E-state index contributed by atoms with van der Waals surface area (Å²) >= 11 is 1.66. The predicted octanol–water partition coefficient (Wildman–Crippen LogP) is 4.44. The molecule has 0 saturated heterocycles. The molecule has 3 rings (SSSR count). The summed E-state index contributed by atoms with van der Waals surface area (Å²) in [5, 5.41) is 6.14. The Labute approximate surface area is 196 Å². The molecule has 2 heterocycles. The first-order valence-corrected chi connectivity index (χ1v) is 12.7. The minimum atomic E-state index is -0.371. The van der Waals surface area contributed by atoms with Crippen LogP contribution in [0.1, 0.15) is 69.3 Å². The number of amides is 2. The number of rotatable bonds is 8. The van der Waals surface area contributed by atoms with Gasteiger partial charge in [-0.05, 0) is 78.6 Å². The molecule has 1 aromatic rings. The van der Waals surface area contributed by atoms with Gasteiger partial charge in [-0.25, -0.2) is 4.99 Å². The molecule has 2 aliphatic rings. The summed E-state index contributed by atoms with van der Waals surface area (Å²) in [5.41, 5.74) is 3.43. The standard InChI is InChI=1S/C25H38N4O2S/c1-7-28(6)19-9-11-20(12-10-19)29(8-2)25-18(5)22(15-32-25)23(30)26-14-21-16(3)13-17(4)27-24(21)31/h13,15,19-21H,7-12,14H2,1-6H3,(H,26,30). The third kappa shape index (κ3) is 5.31. The summed E-state index contributed by atoms with van der Waals surface area (Å²) in [6, 6.07) is 1.22. The molecule has 7 heteroatoms. The van der Waals surface area contributed by atoms with Crippen molar-refractivity contribution in [2.75, 3.05) is 31.6 Å². The van der Waals surface area contributed by atoms with E-state index >= 15 is 0 Å². The number of dihydropyridines is 1. The van der Waals surface area contributed by atoms with Crippen molar-refractivity contribution in [3.63, 3.8) is 0 Å². The van der Waals surface area contributed by atoms with Gasteiger partial charge in [0.25, 0.3) is 11.8 Å². The maximum atomic E-state index is 12.9. The summed E-state index contributed by atoms with van der Waals surface area (Å²) in [6.07, 6.45) is 6.76. The van der Waals surface area contributed by atoms with Gasteiger partial charge in [-0.3, -0.25) is 9.59 Å². The molecule has 0 radical (unpaired) electrons. The number of thiophene rings is 1. The van der Waals surface area contributed by atoms with Gasteiger partial charge in [0.05, 0.1) is 16.5 Å². The number of nitrogens with one attached hydrogen (secondary N) is 1. The molecule has 0 spiro atoms. The van der Waals surface area contributed by atoms with Crippen LogP contribution in [0.5, 0.6) is 0 Å². The summed E-state index contributed by atoms with van der Waals surface area (Å²) < 4.78 is 0. The van der Waals surface area contributed by atoms with Gasteiger partial charge in [0, 0.05) is 36.3 Å². The lowest BCUT2D eigenvalue weighted by molar-refractivity contribution is -0.120. The Balaban J connectivity index is 1.64. The highest BCUT2D eigenvalue weighted by atomic mass is 32.1. The third-order valence-corrected chi connectivity index (χ3v) is 8.24. The number of aliphatic imine (C=N–C) groups is 1. The summed E-state index contributed by atoms with van der Waals surface area (Å²) in [7, 11) is 2.22. The van der Waals surface area contributed by atoms with Crippen molar-refractivity contribution >= 4 is 33.9 Å². The van der Waals surface area contributed by atoms with E-state index in [9.17, 15) is 9.59 Å². The molecule has 1 atom stereocenters. The number of hydrogen-bond donors (Lipinski definition) is 1. The largest absolute Gasteiger partial charge is 0.361 e. The zero-order valence-corrected chi connectivity index (χ0v) is 21.2. The molecule has 176 valence electrons. The number of allylic oxidation sites excluding steroid dienone is 1. The van der Waals surface area contributed by atoms with E-state index < -0.39 is 0 Å². The zero-order valence-electron chi connectivity index (χ0n) is 20.4. The highest BCUT2D eigenvalue weighted by Crippen LogP contribution is 2.36. The fourth-order valence-corrected chi connectivity index (χ4v) is 6.21. The highest BCUT2D eigenvalue weighted by molar-refractivity contribution is 7.14. The van der Waals surface area contributed by atoms with Gasteiger partial charge in [-0.2, -0.15) is 0 Å². The van der Waals surface area contributed by atoms with Crippen LogP contribution in [-0.4, -0.2) is 61.2 Å². The first-order valence-electron chi connectivity index (χ1n) is 11.9. The van der Waals surface area contributed by atoms with Crippen molar-refractivity contribution < 1.29 is 9.59 Å². The van der Waals surface area contributed by atoms with E-state index in [1.54, 1.807) is 11.3 Å². The van der Waals surface area contributed by atoms with Crippen LogP contribution in [0.15, 0.2) is 22.0 Å². The van der Waals surface area contributed by atoms with Gasteiger partial charge in [0.1, 0.15) is 0 Å². The normalized spacial score (nSPS) is 23.7. The van der Waals surface area contributed by atoms with Gasteiger partial charge >= 0.3 is 0 Å². The molecule has 6 nitrogen and oxygen atoms in total. The molecular formula is C25H38N4O2S. The van der Waals surface area contributed by atoms with Crippen LogP contribution in [0.3, 0.4) is 0 Å². The molecule has 1 fully saturated rings. The monoisotopic (exact) mass is 458 g/mol. The van der Waals surface area contributed by atoms with E-state index in [0.717, 1.165) is 29.9 Å². The minimum absolute atomic E-state index is 0.110. The average Bonchev–Trinajstić information content (AvgIpc) is 3.14. The Morgan fingerprint density at radius 2 is 1.78 bits per heavy atom. The van der Waals surface area contributed by atoms with Crippen molar-refractivity contribution in [1.29, 1.82) is 0 Å². The fourth-order valence-electron chi connectivity index (χ4n) is 5.00. The SMILES string of the molecule is CCN(C)C1CCC(N(CC)c2scc(C(=O)NCC3C(=O)N=C(C)C=C3C)c2C)CC1. The number of carbonyl (C=O) groups excluding carboxylic acids is 2. The van der Waals surface area contributed by atoms with Crippen LogP contribution in [0.25, 0.3) is 0 Å².